The molecule has 29 heavy (non-hydrogen) atoms. The zero-order valence-electron chi connectivity index (χ0n) is 18.0. The highest BCUT2D eigenvalue weighted by molar-refractivity contribution is 7.92. The van der Waals surface area contributed by atoms with Gasteiger partial charge in [-0.3, -0.25) is 4.72 Å². The molecule has 9 heteroatoms. The average Bonchev–Trinajstić information content (AvgIpc) is 2.61. The van der Waals surface area contributed by atoms with E-state index in [9.17, 15) is 16.8 Å². The van der Waals surface area contributed by atoms with Gasteiger partial charge in [-0.2, -0.15) is 0 Å². The number of sulfonamides is 2. The number of hydrogen-bond donors (Lipinski definition) is 1. The zero-order valence-corrected chi connectivity index (χ0v) is 19.6. The Balaban J connectivity index is 1.93. The third-order valence-corrected chi connectivity index (χ3v) is 7.37. The smallest absolute Gasteiger partial charge is 0.229 e. The van der Waals surface area contributed by atoms with Crippen LogP contribution in [-0.2, 0) is 26.5 Å². The van der Waals surface area contributed by atoms with Gasteiger partial charge in [-0.05, 0) is 62.8 Å². The van der Waals surface area contributed by atoms with Crippen molar-refractivity contribution >= 4 is 25.7 Å². The van der Waals surface area contributed by atoms with Gasteiger partial charge in [0, 0.05) is 31.4 Å². The lowest BCUT2D eigenvalue weighted by Gasteiger charge is -2.36. The van der Waals surface area contributed by atoms with E-state index in [-0.39, 0.29) is 0 Å². The van der Waals surface area contributed by atoms with Gasteiger partial charge >= 0.3 is 0 Å². The monoisotopic (exact) mass is 445 g/mol. The third kappa shape index (κ3) is 8.24. The van der Waals surface area contributed by atoms with Gasteiger partial charge in [0.2, 0.25) is 20.0 Å². The Morgan fingerprint density at radius 3 is 2.17 bits per heavy atom. The predicted molar refractivity (Wildman–Crippen MR) is 119 cm³/mol. The molecular formula is C20H35N3O4S2. The number of rotatable bonds is 10. The lowest BCUT2D eigenvalue weighted by Crippen LogP contribution is -2.44. The van der Waals surface area contributed by atoms with Crippen molar-refractivity contribution in [3.63, 3.8) is 0 Å². The summed E-state index contributed by atoms with van der Waals surface area (Å²) in [4.78, 5) is 2.50. The first kappa shape index (κ1) is 24.1. The van der Waals surface area contributed by atoms with Gasteiger partial charge in [0.05, 0.1) is 12.5 Å². The molecule has 1 aliphatic heterocycles. The van der Waals surface area contributed by atoms with Crippen molar-refractivity contribution in [2.75, 3.05) is 43.4 Å². The SMILES string of the molecule is CCCN(CC1CCN(S(C)(=O)=O)CC1)C(C)Cc1ccc(NS(C)(=O)=O)cc1. The fourth-order valence-corrected chi connectivity index (χ4v) is 5.37. The number of piperidine rings is 1. The van der Waals surface area contributed by atoms with Crippen LogP contribution in [0, 0.1) is 5.92 Å². The molecule has 7 nitrogen and oxygen atoms in total. The maximum Gasteiger partial charge on any atom is 0.229 e. The Labute approximate surface area is 176 Å². The molecule has 0 aliphatic carbocycles. The summed E-state index contributed by atoms with van der Waals surface area (Å²) >= 11 is 0. The summed E-state index contributed by atoms with van der Waals surface area (Å²) in [5.41, 5.74) is 1.75. The average molecular weight is 446 g/mol. The first-order chi connectivity index (χ1) is 13.5. The summed E-state index contributed by atoms with van der Waals surface area (Å²) in [6.07, 6.45) is 6.21. The molecule has 1 unspecified atom stereocenters. The minimum absolute atomic E-state index is 0.358. The number of nitrogens with zero attached hydrogens (tertiary/aromatic N) is 2. The second-order valence-electron chi connectivity index (χ2n) is 8.22. The van der Waals surface area contributed by atoms with Crippen LogP contribution in [-0.4, -0.2) is 70.8 Å². The largest absolute Gasteiger partial charge is 0.300 e. The molecule has 1 heterocycles. The quantitative estimate of drug-likeness (QED) is 0.597. The van der Waals surface area contributed by atoms with E-state index in [1.54, 1.807) is 16.4 Å². The van der Waals surface area contributed by atoms with Crippen molar-refractivity contribution in [3.05, 3.63) is 29.8 Å². The van der Waals surface area contributed by atoms with Crippen LogP contribution in [0.4, 0.5) is 5.69 Å². The maximum absolute atomic E-state index is 11.7. The van der Waals surface area contributed by atoms with Crippen LogP contribution in [0.25, 0.3) is 0 Å². The molecule has 1 saturated heterocycles. The van der Waals surface area contributed by atoms with Gasteiger partial charge in [-0.15, -0.1) is 0 Å². The maximum atomic E-state index is 11.7. The zero-order chi connectivity index (χ0) is 21.7. The van der Waals surface area contributed by atoms with Crippen LogP contribution in [0.2, 0.25) is 0 Å². The molecule has 1 atom stereocenters. The van der Waals surface area contributed by atoms with Crippen molar-refractivity contribution in [2.24, 2.45) is 5.92 Å². The van der Waals surface area contributed by atoms with Crippen molar-refractivity contribution in [3.8, 4) is 0 Å². The Morgan fingerprint density at radius 1 is 1.10 bits per heavy atom. The fraction of sp³-hybridized carbons (Fsp3) is 0.700. The van der Waals surface area contributed by atoms with Crippen molar-refractivity contribution in [2.45, 2.75) is 45.6 Å². The van der Waals surface area contributed by atoms with E-state index in [0.29, 0.717) is 30.7 Å². The van der Waals surface area contributed by atoms with E-state index < -0.39 is 20.0 Å². The van der Waals surface area contributed by atoms with E-state index in [1.165, 1.54) is 11.8 Å². The molecule has 1 aromatic carbocycles. The Hall–Kier alpha value is -1.16. The van der Waals surface area contributed by atoms with Crippen LogP contribution in [0.3, 0.4) is 0 Å². The van der Waals surface area contributed by atoms with E-state index >= 15 is 0 Å². The molecule has 1 N–H and O–H groups in total. The summed E-state index contributed by atoms with van der Waals surface area (Å²) in [7, 11) is -6.35. The first-order valence-corrected chi connectivity index (χ1v) is 14.0. The van der Waals surface area contributed by atoms with Crippen molar-refractivity contribution < 1.29 is 16.8 Å². The number of nitrogens with one attached hydrogen (secondary N) is 1. The van der Waals surface area contributed by atoms with Gasteiger partial charge in [-0.25, -0.2) is 21.1 Å². The van der Waals surface area contributed by atoms with Gasteiger partial charge < -0.3 is 4.90 Å². The van der Waals surface area contributed by atoms with Crippen LogP contribution in [0.1, 0.15) is 38.7 Å². The molecule has 166 valence electrons. The summed E-state index contributed by atoms with van der Waals surface area (Å²) < 4.78 is 50.2. The van der Waals surface area contributed by atoms with Gasteiger partial charge in [0.25, 0.3) is 0 Å². The standard InChI is InChI=1S/C20H35N3O4S2/c1-5-12-22(16-19-10-13-23(14-11-19)29(4,26)27)17(2)15-18-6-8-20(9-7-18)21-28(3,24)25/h6-9,17,19,21H,5,10-16H2,1-4H3. The molecule has 0 saturated carbocycles. The third-order valence-electron chi connectivity index (χ3n) is 5.46. The molecule has 0 spiro atoms. The molecule has 2 rings (SSSR count). The predicted octanol–water partition coefficient (Wildman–Crippen LogP) is 2.37. The summed E-state index contributed by atoms with van der Waals surface area (Å²) in [6, 6.07) is 7.90. The first-order valence-electron chi connectivity index (χ1n) is 10.2. The Morgan fingerprint density at radius 2 is 1.69 bits per heavy atom. The van der Waals surface area contributed by atoms with Crippen LogP contribution < -0.4 is 4.72 Å². The molecule has 0 bridgehead atoms. The van der Waals surface area contributed by atoms with E-state index in [1.807, 2.05) is 12.1 Å². The normalized spacial score (nSPS) is 18.1. The lowest BCUT2D eigenvalue weighted by atomic mass is 9.96. The minimum Gasteiger partial charge on any atom is -0.300 e. The number of benzene rings is 1. The second kappa shape index (κ2) is 10.2. The summed E-state index contributed by atoms with van der Waals surface area (Å²) in [5, 5.41) is 0. The second-order valence-corrected chi connectivity index (χ2v) is 12.0. The van der Waals surface area contributed by atoms with E-state index in [2.05, 4.69) is 23.5 Å². The lowest BCUT2D eigenvalue weighted by molar-refractivity contribution is 0.146. The highest BCUT2D eigenvalue weighted by Crippen LogP contribution is 2.22. The Bertz CT molecular complexity index is 846. The van der Waals surface area contributed by atoms with E-state index in [0.717, 1.165) is 45.0 Å². The van der Waals surface area contributed by atoms with Gasteiger partial charge in [0.15, 0.2) is 0 Å². The molecule has 0 radical (unpaired) electrons. The summed E-state index contributed by atoms with van der Waals surface area (Å²) in [5.74, 6) is 0.517. The van der Waals surface area contributed by atoms with Gasteiger partial charge in [0.1, 0.15) is 0 Å². The number of hydrogen-bond acceptors (Lipinski definition) is 5. The molecule has 0 aromatic heterocycles. The highest BCUT2D eigenvalue weighted by Gasteiger charge is 2.27. The number of anilines is 1. The van der Waals surface area contributed by atoms with Crippen molar-refractivity contribution in [1.29, 1.82) is 0 Å². The highest BCUT2D eigenvalue weighted by atomic mass is 32.2. The van der Waals surface area contributed by atoms with Crippen LogP contribution in [0.15, 0.2) is 24.3 Å². The molecule has 0 amide bonds. The van der Waals surface area contributed by atoms with E-state index in [4.69, 9.17) is 0 Å². The molecule has 1 aromatic rings. The van der Waals surface area contributed by atoms with Crippen molar-refractivity contribution in [1.82, 2.24) is 9.21 Å². The molecule has 1 aliphatic rings. The molecule has 1 fully saturated rings. The fourth-order valence-electron chi connectivity index (χ4n) is 3.93. The molecular weight excluding hydrogens is 410 g/mol. The Kier molecular flexibility index (Phi) is 8.51. The van der Waals surface area contributed by atoms with Crippen LogP contribution in [0.5, 0.6) is 0 Å². The summed E-state index contributed by atoms with van der Waals surface area (Å²) in [6.45, 7) is 7.64. The minimum atomic E-state index is -3.26. The van der Waals surface area contributed by atoms with Crippen LogP contribution >= 0.6 is 0 Å². The van der Waals surface area contributed by atoms with Gasteiger partial charge in [-0.1, -0.05) is 19.1 Å². The topological polar surface area (TPSA) is 86.8 Å².